The van der Waals surface area contributed by atoms with Gasteiger partial charge >= 0.3 is 0 Å². The molecule has 14 heteroatoms. The maximum atomic E-state index is 14.4. The smallest absolute Gasteiger partial charge is 0.259 e. The molecule has 0 spiro atoms. The van der Waals surface area contributed by atoms with Gasteiger partial charge in [-0.05, 0) is 98.7 Å². The second-order valence-corrected chi connectivity index (χ2v) is 18.3. The highest BCUT2D eigenvalue weighted by Crippen LogP contribution is 2.48. The number of nitrogens with one attached hydrogen (secondary N) is 2. The zero-order valence-corrected chi connectivity index (χ0v) is 32.4. The lowest BCUT2D eigenvalue weighted by atomic mass is 9.88. The van der Waals surface area contributed by atoms with Crippen LogP contribution in [0.5, 0.6) is 23.1 Å². The van der Waals surface area contributed by atoms with Crippen LogP contribution in [0.1, 0.15) is 65.7 Å². The monoisotopic (exact) mass is 772 g/mol. The van der Waals surface area contributed by atoms with E-state index in [1.807, 2.05) is 54.6 Å². The number of ether oxygens (including phenoxy) is 4. The number of carbonyl (C=O) groups is 3. The Morgan fingerprint density at radius 3 is 2.58 bits per heavy atom. The van der Waals surface area contributed by atoms with Gasteiger partial charge in [0.05, 0.1) is 24.1 Å². The molecule has 292 valence electrons. The second-order valence-electron chi connectivity index (χ2n) is 16.1. The zero-order valence-electron chi connectivity index (χ0n) is 31.6. The number of benzene rings is 2. The molecule has 0 bridgehead atoms. The van der Waals surface area contributed by atoms with Crippen molar-refractivity contribution in [2.75, 3.05) is 26.9 Å². The molecule has 0 unspecified atom stereocenters. The average Bonchev–Trinajstić information content (AvgIpc) is 4.05. The van der Waals surface area contributed by atoms with Crippen LogP contribution in [0.25, 0.3) is 22.0 Å². The highest BCUT2D eigenvalue weighted by Gasteiger charge is 2.63. The summed E-state index contributed by atoms with van der Waals surface area (Å²) in [6.45, 7) is 6.84. The molecule has 0 radical (unpaired) electrons. The van der Waals surface area contributed by atoms with Gasteiger partial charge in [0.25, 0.3) is 5.91 Å². The van der Waals surface area contributed by atoms with Crippen molar-refractivity contribution < 1.29 is 41.7 Å². The first kappa shape index (κ1) is 37.1. The molecule has 5 aliphatic rings. The van der Waals surface area contributed by atoms with Crippen LogP contribution in [-0.2, 0) is 24.4 Å². The van der Waals surface area contributed by atoms with Gasteiger partial charge in [-0.25, -0.2) is 13.4 Å². The van der Waals surface area contributed by atoms with Gasteiger partial charge in [0.15, 0.2) is 11.5 Å². The average molecular weight is 773 g/mol. The van der Waals surface area contributed by atoms with Crippen molar-refractivity contribution in [2.45, 2.75) is 88.1 Å². The molecule has 4 heterocycles. The summed E-state index contributed by atoms with van der Waals surface area (Å²) >= 11 is 0. The predicted octanol–water partition coefficient (Wildman–Crippen LogP) is 4.92. The SMILES string of the molecule is COc1ccc2c(O[C@@H]3C[C@H]4C(=O)N[C@]5(C(=O)NS(=O)(=O)C6(C)CC6)C[C@H]5/C=C\CC[C@@H](C)[C@@H](C)CC(=O)N4C3)nc(-c3ccc4c(c3)OCCO4)cc2c1. The topological polar surface area (TPSA) is 162 Å². The Labute approximate surface area is 321 Å². The van der Waals surface area contributed by atoms with E-state index in [4.69, 9.17) is 23.9 Å². The molecule has 3 amide bonds. The van der Waals surface area contributed by atoms with Crippen molar-refractivity contribution in [1.29, 1.82) is 0 Å². The van der Waals surface area contributed by atoms with Crippen molar-refractivity contribution in [3.63, 3.8) is 0 Å². The summed E-state index contributed by atoms with van der Waals surface area (Å²) in [6.07, 6.45) is 6.44. The Kier molecular flexibility index (Phi) is 9.46. The predicted molar refractivity (Wildman–Crippen MR) is 204 cm³/mol. The number of rotatable bonds is 7. The van der Waals surface area contributed by atoms with Crippen LogP contribution in [0.4, 0.5) is 0 Å². The van der Waals surface area contributed by atoms with Gasteiger partial charge in [0, 0.05) is 29.7 Å². The highest BCUT2D eigenvalue weighted by molar-refractivity contribution is 7.91. The second kappa shape index (κ2) is 14.0. The number of pyridine rings is 1. The van der Waals surface area contributed by atoms with Crippen molar-refractivity contribution in [3.8, 4) is 34.4 Å². The molecule has 3 fully saturated rings. The normalized spacial score (nSPS) is 29.2. The summed E-state index contributed by atoms with van der Waals surface area (Å²) in [7, 11) is -2.35. The zero-order chi connectivity index (χ0) is 38.7. The van der Waals surface area contributed by atoms with Crippen LogP contribution >= 0.6 is 0 Å². The summed E-state index contributed by atoms with van der Waals surface area (Å²) in [5, 5.41) is 4.48. The highest BCUT2D eigenvalue weighted by atomic mass is 32.2. The third kappa shape index (κ3) is 7.09. The number of allylic oxidation sites excluding steroid dienone is 1. The summed E-state index contributed by atoms with van der Waals surface area (Å²) in [5.41, 5.74) is -0.0386. The number of hydrogen-bond donors (Lipinski definition) is 2. The van der Waals surface area contributed by atoms with Gasteiger partial charge in [0.2, 0.25) is 27.7 Å². The molecule has 1 aromatic heterocycles. The number of nitrogens with zero attached hydrogens (tertiary/aromatic N) is 2. The number of fused-ring (bicyclic) bond motifs is 4. The maximum Gasteiger partial charge on any atom is 0.259 e. The summed E-state index contributed by atoms with van der Waals surface area (Å²) in [5.74, 6) is 0.726. The lowest BCUT2D eigenvalue weighted by molar-refractivity contribution is -0.140. The van der Waals surface area contributed by atoms with Crippen molar-refractivity contribution in [2.24, 2.45) is 17.8 Å². The van der Waals surface area contributed by atoms with Gasteiger partial charge in [-0.15, -0.1) is 0 Å². The molecule has 3 aromatic rings. The van der Waals surface area contributed by atoms with Gasteiger partial charge in [-0.2, -0.15) is 0 Å². The van der Waals surface area contributed by atoms with Crippen LogP contribution < -0.4 is 29.0 Å². The van der Waals surface area contributed by atoms with Crippen LogP contribution in [0.15, 0.2) is 54.6 Å². The minimum Gasteiger partial charge on any atom is -0.497 e. The molecule has 2 aromatic carbocycles. The first-order valence-corrected chi connectivity index (χ1v) is 20.7. The van der Waals surface area contributed by atoms with E-state index in [0.717, 1.165) is 29.2 Å². The molecule has 3 aliphatic heterocycles. The lowest BCUT2D eigenvalue weighted by Gasteiger charge is -2.29. The molecule has 55 heavy (non-hydrogen) atoms. The Hall–Kier alpha value is -4.85. The van der Waals surface area contributed by atoms with Gasteiger partial charge in [-0.3, -0.25) is 19.1 Å². The Morgan fingerprint density at radius 2 is 1.82 bits per heavy atom. The Balaban J connectivity index is 1.11. The van der Waals surface area contributed by atoms with E-state index >= 15 is 0 Å². The minimum absolute atomic E-state index is 0.0654. The number of carbonyl (C=O) groups excluding carboxylic acids is 3. The summed E-state index contributed by atoms with van der Waals surface area (Å²) in [6, 6.07) is 12.2. The van der Waals surface area contributed by atoms with E-state index in [-0.39, 0.29) is 49.5 Å². The Morgan fingerprint density at radius 1 is 1.04 bits per heavy atom. The molecule has 13 nitrogen and oxygen atoms in total. The van der Waals surface area contributed by atoms with E-state index in [9.17, 15) is 22.8 Å². The van der Waals surface area contributed by atoms with Crippen LogP contribution in [-0.4, -0.2) is 85.3 Å². The fourth-order valence-corrected chi connectivity index (χ4v) is 9.21. The minimum atomic E-state index is -3.95. The number of methoxy groups -OCH3 is 1. The molecular formula is C41H48N4O9S. The van der Waals surface area contributed by atoms with Crippen LogP contribution in [0.3, 0.4) is 0 Å². The van der Waals surface area contributed by atoms with E-state index in [1.165, 1.54) is 0 Å². The number of sulfonamides is 1. The third-order valence-corrected chi connectivity index (χ3v) is 14.4. The van der Waals surface area contributed by atoms with Crippen LogP contribution in [0.2, 0.25) is 0 Å². The van der Waals surface area contributed by atoms with E-state index in [2.05, 4.69) is 23.9 Å². The van der Waals surface area contributed by atoms with E-state index < -0.39 is 44.3 Å². The fourth-order valence-electron chi connectivity index (χ4n) is 7.90. The lowest BCUT2D eigenvalue weighted by Crippen LogP contribution is -2.57. The van der Waals surface area contributed by atoms with Crippen molar-refractivity contribution in [1.82, 2.24) is 19.9 Å². The van der Waals surface area contributed by atoms with E-state index in [0.29, 0.717) is 54.9 Å². The van der Waals surface area contributed by atoms with Crippen LogP contribution in [0, 0.1) is 17.8 Å². The Bertz CT molecular complexity index is 2190. The molecule has 1 saturated heterocycles. The van der Waals surface area contributed by atoms with E-state index in [1.54, 1.807) is 18.9 Å². The van der Waals surface area contributed by atoms with Gasteiger partial charge < -0.3 is 29.2 Å². The quantitative estimate of drug-likeness (QED) is 0.316. The summed E-state index contributed by atoms with van der Waals surface area (Å²) in [4.78, 5) is 48.8. The van der Waals surface area contributed by atoms with Crippen molar-refractivity contribution >= 4 is 38.5 Å². The van der Waals surface area contributed by atoms with Gasteiger partial charge in [0.1, 0.15) is 36.6 Å². The third-order valence-electron chi connectivity index (χ3n) is 12.2. The van der Waals surface area contributed by atoms with Crippen molar-refractivity contribution in [3.05, 3.63) is 54.6 Å². The molecule has 2 saturated carbocycles. The number of aromatic nitrogens is 1. The number of amides is 3. The standard InChI is InChI=1S/C41H48N4O9S/c1-24-7-5-6-8-28-22-41(28,39(48)44-55(49,50)40(3)13-14-40)43-37(47)33-21-30(23-45(33)36(46)17-25(24)2)54-38-31-11-10-29(51-4)18-27(31)19-32(42-38)26-9-12-34-35(20-26)53-16-15-52-34/h6,8-12,18-20,24-25,28,30,33H,5,7,13-17,21-23H2,1-4H3,(H,43,47)(H,44,48)/b8-6-/t24-,25+,28-,30-,33+,41-/m1/s1. The molecular weight excluding hydrogens is 725 g/mol. The first-order chi connectivity index (χ1) is 26.3. The molecule has 8 rings (SSSR count). The molecule has 2 N–H and O–H groups in total. The fraction of sp³-hybridized carbons (Fsp3) is 0.512. The molecule has 2 aliphatic carbocycles. The van der Waals surface area contributed by atoms with Gasteiger partial charge in [-0.1, -0.05) is 26.0 Å². The first-order valence-electron chi connectivity index (χ1n) is 19.2. The maximum absolute atomic E-state index is 14.4. The number of hydrogen-bond acceptors (Lipinski definition) is 10. The largest absolute Gasteiger partial charge is 0.497 e. The summed E-state index contributed by atoms with van der Waals surface area (Å²) < 4.78 is 51.3. The molecule has 6 atom stereocenters.